The monoisotopic (exact) mass is 199 g/mol. The third kappa shape index (κ3) is 6.00. The molecule has 0 saturated heterocycles. The second kappa shape index (κ2) is 8.05. The lowest BCUT2D eigenvalue weighted by Crippen LogP contribution is -2.15. The van der Waals surface area contributed by atoms with Gasteiger partial charge in [0.2, 0.25) is 0 Å². The molecule has 0 aliphatic carbocycles. The summed E-state index contributed by atoms with van der Waals surface area (Å²) in [5.74, 6) is -0.308. The Bertz CT molecular complexity index is 243. The Morgan fingerprint density at radius 3 is 2.71 bits per heavy atom. The number of carbonyl (C=O) groups is 1. The molecule has 0 fully saturated rings. The van der Waals surface area contributed by atoms with Crippen LogP contribution in [0.5, 0.6) is 0 Å². The van der Waals surface area contributed by atoms with E-state index in [-0.39, 0.29) is 18.9 Å². The van der Waals surface area contributed by atoms with Gasteiger partial charge >= 0.3 is 12.2 Å². The van der Waals surface area contributed by atoms with Gasteiger partial charge in [-0.2, -0.15) is 0 Å². The van der Waals surface area contributed by atoms with Gasteiger partial charge in [0.1, 0.15) is 6.54 Å². The van der Waals surface area contributed by atoms with Gasteiger partial charge in [-0.05, 0) is 13.8 Å². The highest BCUT2D eigenvalue weighted by Gasteiger charge is 2.06. The van der Waals surface area contributed by atoms with Crippen LogP contribution in [0.1, 0.15) is 20.3 Å². The highest BCUT2D eigenvalue weighted by Crippen LogP contribution is 1.87. The first-order valence-electron chi connectivity index (χ1n) is 4.51. The van der Waals surface area contributed by atoms with Crippen LogP contribution in [0.3, 0.4) is 0 Å². The van der Waals surface area contributed by atoms with E-state index < -0.39 is 0 Å². The third-order valence-electron chi connectivity index (χ3n) is 1.36. The minimum atomic E-state index is -0.308. The zero-order valence-electron chi connectivity index (χ0n) is 8.52. The minimum Gasteiger partial charge on any atom is -0.467 e. The first-order chi connectivity index (χ1) is 6.74. The minimum absolute atomic E-state index is 0.185. The molecule has 0 atom stereocenters. The molecule has 0 rings (SSSR count). The van der Waals surface area contributed by atoms with Gasteiger partial charge < -0.3 is 9.47 Å². The van der Waals surface area contributed by atoms with Gasteiger partial charge in [0, 0.05) is 0 Å². The number of hydrogen-bond donors (Lipinski definition) is 0. The molecule has 0 aliphatic rings. The fourth-order valence-corrected chi connectivity index (χ4v) is 0.736. The molecule has 0 radical (unpaired) electrons. The maximum Gasteiger partial charge on any atom is 0.461 e. The fraction of sp³-hybridized carbons (Fsp3) is 0.667. The van der Waals surface area contributed by atoms with Crippen molar-refractivity contribution in [2.24, 2.45) is 0 Å². The third-order valence-corrected chi connectivity index (χ3v) is 1.36. The van der Waals surface area contributed by atoms with Gasteiger partial charge in [0.05, 0.1) is 19.6 Å². The van der Waals surface area contributed by atoms with Crippen LogP contribution in [-0.2, 0) is 14.3 Å². The number of esters is 1. The lowest BCUT2D eigenvalue weighted by molar-refractivity contribution is -0.442. The summed E-state index contributed by atoms with van der Waals surface area (Å²) in [6.45, 7) is 4.71. The number of ether oxygens (including phenoxy) is 2. The molecule has 0 heterocycles. The number of nitriles is 1. The van der Waals surface area contributed by atoms with E-state index in [0.29, 0.717) is 13.2 Å². The average molecular weight is 199 g/mol. The molecule has 14 heavy (non-hydrogen) atoms. The first-order valence-corrected chi connectivity index (χ1v) is 4.51. The van der Waals surface area contributed by atoms with Gasteiger partial charge in [-0.3, -0.25) is 4.79 Å². The van der Waals surface area contributed by atoms with Crippen LogP contribution in [0.15, 0.2) is 0 Å². The van der Waals surface area contributed by atoms with E-state index >= 15 is 0 Å². The molecule has 0 aliphatic heterocycles. The van der Waals surface area contributed by atoms with Gasteiger partial charge in [0.15, 0.2) is 5.26 Å². The van der Waals surface area contributed by atoms with Crippen LogP contribution in [0.25, 0.3) is 0 Å². The molecular weight excluding hydrogens is 184 g/mol. The second-order valence-corrected chi connectivity index (χ2v) is 2.41. The van der Waals surface area contributed by atoms with Crippen LogP contribution in [-0.4, -0.2) is 36.7 Å². The molecule has 0 saturated carbocycles. The summed E-state index contributed by atoms with van der Waals surface area (Å²) in [5.41, 5.74) is 0. The predicted octanol–water partition coefficient (Wildman–Crippen LogP) is 0.498. The lowest BCUT2D eigenvalue weighted by atomic mass is 10.4. The molecule has 0 N–H and O–H groups in total. The molecule has 78 valence electrons. The molecule has 0 bridgehead atoms. The Morgan fingerprint density at radius 1 is 1.50 bits per heavy atom. The van der Waals surface area contributed by atoms with Crippen LogP contribution >= 0.6 is 0 Å². The van der Waals surface area contributed by atoms with E-state index in [2.05, 4.69) is 0 Å². The number of carbonyl (C=O) groups excluding carboxylic acids is 1. The number of rotatable bonds is 6. The molecule has 5 heteroatoms. The Kier molecular flexibility index (Phi) is 7.15. The first kappa shape index (κ1) is 12.4. The van der Waals surface area contributed by atoms with Gasteiger partial charge in [0.25, 0.3) is 6.40 Å². The zero-order chi connectivity index (χ0) is 10.8. The molecule has 0 aromatic heterocycles. The maximum atomic E-state index is 10.9. The molecule has 0 spiro atoms. The second-order valence-electron chi connectivity index (χ2n) is 2.41. The molecule has 0 unspecified atom stereocenters. The zero-order valence-corrected chi connectivity index (χ0v) is 8.52. The van der Waals surface area contributed by atoms with Gasteiger partial charge in [-0.15, -0.1) is 4.58 Å². The van der Waals surface area contributed by atoms with E-state index in [9.17, 15) is 4.79 Å². The van der Waals surface area contributed by atoms with Crippen LogP contribution in [0.2, 0.25) is 0 Å². The van der Waals surface area contributed by atoms with Crippen LogP contribution in [0.4, 0.5) is 0 Å². The van der Waals surface area contributed by atoms with Crippen molar-refractivity contribution in [1.82, 2.24) is 0 Å². The van der Waals surface area contributed by atoms with Crippen molar-refractivity contribution in [1.29, 1.82) is 5.26 Å². The van der Waals surface area contributed by atoms with Crippen molar-refractivity contribution < 1.29 is 18.8 Å². The number of nitrogens with zero attached hydrogens (tertiary/aromatic N) is 2. The summed E-state index contributed by atoms with van der Waals surface area (Å²) >= 11 is 0. The summed E-state index contributed by atoms with van der Waals surface area (Å²) in [4.78, 5) is 10.9. The van der Waals surface area contributed by atoms with E-state index in [1.165, 1.54) is 11.0 Å². The van der Waals surface area contributed by atoms with Crippen molar-refractivity contribution in [3.8, 4) is 6.19 Å². The Hall–Kier alpha value is -1.57. The van der Waals surface area contributed by atoms with E-state index in [0.717, 1.165) is 0 Å². The number of hydrogen-bond acceptors (Lipinski definition) is 4. The quantitative estimate of drug-likeness (QED) is 0.156. The molecule has 0 aromatic carbocycles. The molecule has 0 aromatic rings. The summed E-state index contributed by atoms with van der Waals surface area (Å²) in [6.07, 6.45) is 3.37. The van der Waals surface area contributed by atoms with Crippen molar-refractivity contribution in [3.05, 3.63) is 0 Å². The molecule has 0 amide bonds. The molecular formula is C9H15N2O3+. The highest BCUT2D eigenvalue weighted by molar-refractivity contribution is 5.69. The van der Waals surface area contributed by atoms with Crippen molar-refractivity contribution in [2.75, 3.05) is 19.8 Å². The predicted molar refractivity (Wildman–Crippen MR) is 49.7 cm³/mol. The summed E-state index contributed by atoms with van der Waals surface area (Å²) in [7, 11) is 0. The summed E-state index contributed by atoms with van der Waals surface area (Å²) in [5, 5.41) is 8.61. The topological polar surface area (TPSA) is 62.3 Å². The van der Waals surface area contributed by atoms with Gasteiger partial charge in [-0.25, -0.2) is 0 Å². The molecule has 5 nitrogen and oxygen atoms in total. The normalized spacial score (nSPS) is 10.5. The lowest BCUT2D eigenvalue weighted by Gasteiger charge is -1.99. The van der Waals surface area contributed by atoms with Crippen molar-refractivity contribution in [2.45, 2.75) is 20.3 Å². The SMILES string of the molecule is CCOC=[N+](C#N)CCC(=O)OCC. The van der Waals surface area contributed by atoms with Crippen LogP contribution in [0, 0.1) is 11.5 Å². The Labute approximate surface area is 83.5 Å². The Balaban J connectivity index is 3.85. The summed E-state index contributed by atoms with van der Waals surface area (Å²) < 4.78 is 10.9. The smallest absolute Gasteiger partial charge is 0.461 e. The fourth-order valence-electron chi connectivity index (χ4n) is 0.736. The highest BCUT2D eigenvalue weighted by atomic mass is 16.5. The standard InChI is InChI=1S/C9H15N2O3/c1-3-13-8-11(7-10)6-5-9(12)14-4-2/h8H,3-6H2,1-2H3/q+1. The van der Waals surface area contributed by atoms with E-state index in [1.54, 1.807) is 6.92 Å². The van der Waals surface area contributed by atoms with Crippen molar-refractivity contribution in [3.63, 3.8) is 0 Å². The van der Waals surface area contributed by atoms with Gasteiger partial charge in [-0.1, -0.05) is 0 Å². The average Bonchev–Trinajstić information content (AvgIpc) is 2.19. The summed E-state index contributed by atoms with van der Waals surface area (Å²) in [6, 6.07) is 0. The Morgan fingerprint density at radius 2 is 2.21 bits per heavy atom. The van der Waals surface area contributed by atoms with E-state index in [1.807, 2.05) is 13.1 Å². The van der Waals surface area contributed by atoms with E-state index in [4.69, 9.17) is 14.7 Å². The maximum absolute atomic E-state index is 10.9. The largest absolute Gasteiger partial charge is 0.467 e. The van der Waals surface area contributed by atoms with Crippen LogP contribution < -0.4 is 0 Å². The van der Waals surface area contributed by atoms with Crippen molar-refractivity contribution >= 4 is 12.4 Å².